The lowest BCUT2D eigenvalue weighted by molar-refractivity contribution is -0.126. The number of hydrogen-bond acceptors (Lipinski definition) is 5. The molecule has 0 bridgehead atoms. The average molecular weight is 425 g/mol. The fraction of sp³-hybridized carbons (Fsp3) is 0.348. The molecule has 1 heterocycles. The predicted molar refractivity (Wildman–Crippen MR) is 117 cm³/mol. The minimum Gasteiger partial charge on any atom is -0.493 e. The number of carbonyl (C=O) groups excluding carboxylic acids is 3. The van der Waals surface area contributed by atoms with Gasteiger partial charge in [-0.2, -0.15) is 0 Å². The fourth-order valence-electron chi connectivity index (χ4n) is 3.63. The molecular weight excluding hydrogens is 398 g/mol. The van der Waals surface area contributed by atoms with Crippen LogP contribution in [0.5, 0.6) is 11.5 Å². The maximum atomic E-state index is 12.8. The molecule has 1 aliphatic rings. The number of hydrogen-bond donors (Lipinski definition) is 2. The van der Waals surface area contributed by atoms with Gasteiger partial charge in [-0.15, -0.1) is 0 Å². The number of rotatable bonds is 7. The SMILES string of the molecule is COc1ccc(N2CC(C(=O)NC(C)c3cccc(NC(C)=O)c3)CC2=O)cc1OC. The van der Waals surface area contributed by atoms with Crippen LogP contribution in [0.4, 0.5) is 11.4 Å². The van der Waals surface area contributed by atoms with Crippen LogP contribution in [-0.4, -0.2) is 38.5 Å². The molecule has 2 aromatic carbocycles. The van der Waals surface area contributed by atoms with Gasteiger partial charge in [-0.25, -0.2) is 0 Å². The lowest BCUT2D eigenvalue weighted by Gasteiger charge is -2.20. The highest BCUT2D eigenvalue weighted by molar-refractivity contribution is 6.00. The van der Waals surface area contributed by atoms with Gasteiger partial charge >= 0.3 is 0 Å². The second-order valence-electron chi connectivity index (χ2n) is 7.48. The topological polar surface area (TPSA) is 97.0 Å². The minimum absolute atomic E-state index is 0.118. The maximum Gasteiger partial charge on any atom is 0.227 e. The van der Waals surface area contributed by atoms with E-state index in [1.807, 2.05) is 25.1 Å². The lowest BCUT2D eigenvalue weighted by atomic mass is 10.0. The van der Waals surface area contributed by atoms with Crippen LogP contribution in [0.1, 0.15) is 31.9 Å². The molecule has 3 amide bonds. The van der Waals surface area contributed by atoms with Gasteiger partial charge in [0.15, 0.2) is 11.5 Å². The highest BCUT2D eigenvalue weighted by Gasteiger charge is 2.36. The monoisotopic (exact) mass is 425 g/mol. The summed E-state index contributed by atoms with van der Waals surface area (Å²) in [5, 5.41) is 5.71. The van der Waals surface area contributed by atoms with Crippen LogP contribution >= 0.6 is 0 Å². The molecule has 3 rings (SSSR count). The molecule has 0 aliphatic carbocycles. The third kappa shape index (κ3) is 5.14. The first kappa shape index (κ1) is 22.1. The van der Waals surface area contributed by atoms with Crippen molar-refractivity contribution in [1.82, 2.24) is 5.32 Å². The Morgan fingerprint density at radius 1 is 1.10 bits per heavy atom. The van der Waals surface area contributed by atoms with Crippen molar-refractivity contribution in [3.05, 3.63) is 48.0 Å². The molecule has 0 spiro atoms. The molecule has 8 nitrogen and oxygen atoms in total. The molecule has 1 saturated heterocycles. The first-order valence-electron chi connectivity index (χ1n) is 10.0. The van der Waals surface area contributed by atoms with Crippen molar-refractivity contribution in [2.75, 3.05) is 31.0 Å². The Kier molecular flexibility index (Phi) is 6.79. The Morgan fingerprint density at radius 2 is 1.84 bits per heavy atom. The summed E-state index contributed by atoms with van der Waals surface area (Å²) in [7, 11) is 3.08. The second kappa shape index (κ2) is 9.51. The molecular formula is C23H27N3O5. The Morgan fingerprint density at radius 3 is 2.52 bits per heavy atom. The van der Waals surface area contributed by atoms with Crippen molar-refractivity contribution in [1.29, 1.82) is 0 Å². The normalized spacial score (nSPS) is 16.6. The summed E-state index contributed by atoms with van der Waals surface area (Å²) >= 11 is 0. The Labute approximate surface area is 181 Å². The molecule has 2 unspecified atom stereocenters. The zero-order valence-electron chi connectivity index (χ0n) is 18.1. The Balaban J connectivity index is 1.67. The van der Waals surface area contributed by atoms with Gasteiger partial charge in [0, 0.05) is 37.3 Å². The number of benzene rings is 2. The molecule has 0 radical (unpaired) electrons. The van der Waals surface area contributed by atoms with E-state index in [4.69, 9.17) is 9.47 Å². The van der Waals surface area contributed by atoms with Crippen LogP contribution in [0.25, 0.3) is 0 Å². The molecule has 1 aliphatic heterocycles. The Bertz CT molecular complexity index is 991. The van der Waals surface area contributed by atoms with Crippen LogP contribution < -0.4 is 25.0 Å². The van der Waals surface area contributed by atoms with E-state index in [1.54, 1.807) is 36.3 Å². The molecule has 0 saturated carbocycles. The van der Waals surface area contributed by atoms with Crippen LogP contribution in [0.15, 0.2) is 42.5 Å². The van der Waals surface area contributed by atoms with Gasteiger partial charge in [0.1, 0.15) is 0 Å². The number of ether oxygens (including phenoxy) is 2. The van der Waals surface area contributed by atoms with E-state index in [0.29, 0.717) is 29.4 Å². The smallest absolute Gasteiger partial charge is 0.227 e. The molecule has 2 atom stereocenters. The molecule has 1 fully saturated rings. The van der Waals surface area contributed by atoms with E-state index >= 15 is 0 Å². The molecule has 164 valence electrons. The van der Waals surface area contributed by atoms with Gasteiger partial charge in [-0.1, -0.05) is 12.1 Å². The first-order chi connectivity index (χ1) is 14.8. The molecule has 0 aromatic heterocycles. The summed E-state index contributed by atoms with van der Waals surface area (Å²) in [6.45, 7) is 3.60. The van der Waals surface area contributed by atoms with E-state index in [1.165, 1.54) is 14.0 Å². The molecule has 31 heavy (non-hydrogen) atoms. The molecule has 2 N–H and O–H groups in total. The standard InChI is InChI=1S/C23H27N3O5/c1-14(16-6-5-7-18(10-16)25-15(2)27)24-23(29)17-11-22(28)26(13-17)19-8-9-20(30-3)21(12-19)31-4/h5-10,12,14,17H,11,13H2,1-4H3,(H,24,29)(H,25,27). The van der Waals surface area contributed by atoms with Gasteiger partial charge in [0.2, 0.25) is 17.7 Å². The van der Waals surface area contributed by atoms with Crippen LogP contribution in [-0.2, 0) is 14.4 Å². The number of amides is 3. The predicted octanol–water partition coefficient (Wildman–Crippen LogP) is 2.89. The Hall–Kier alpha value is -3.55. The first-order valence-corrected chi connectivity index (χ1v) is 10.0. The van der Waals surface area contributed by atoms with Crippen molar-refractivity contribution in [2.24, 2.45) is 5.92 Å². The summed E-state index contributed by atoms with van der Waals surface area (Å²) in [5.74, 6) is 0.174. The van der Waals surface area contributed by atoms with Gasteiger partial charge < -0.3 is 25.0 Å². The highest BCUT2D eigenvalue weighted by Crippen LogP contribution is 2.34. The zero-order chi connectivity index (χ0) is 22.5. The van der Waals surface area contributed by atoms with Crippen LogP contribution in [0.2, 0.25) is 0 Å². The van der Waals surface area contributed by atoms with Gasteiger partial charge in [0.05, 0.1) is 26.2 Å². The lowest BCUT2D eigenvalue weighted by Crippen LogP contribution is -2.34. The van der Waals surface area contributed by atoms with E-state index in [2.05, 4.69) is 10.6 Å². The van der Waals surface area contributed by atoms with Crippen LogP contribution in [0.3, 0.4) is 0 Å². The number of anilines is 2. The van der Waals surface area contributed by atoms with E-state index in [-0.39, 0.29) is 30.2 Å². The number of carbonyl (C=O) groups is 3. The summed E-state index contributed by atoms with van der Waals surface area (Å²) in [4.78, 5) is 38.3. The van der Waals surface area contributed by atoms with Crippen molar-refractivity contribution in [2.45, 2.75) is 26.3 Å². The van der Waals surface area contributed by atoms with Gasteiger partial charge in [-0.3, -0.25) is 14.4 Å². The molecule has 2 aromatic rings. The number of methoxy groups -OCH3 is 2. The van der Waals surface area contributed by atoms with Gasteiger partial charge in [0.25, 0.3) is 0 Å². The quantitative estimate of drug-likeness (QED) is 0.711. The highest BCUT2D eigenvalue weighted by atomic mass is 16.5. The van der Waals surface area contributed by atoms with Crippen molar-refractivity contribution >= 4 is 29.1 Å². The third-order valence-corrected chi connectivity index (χ3v) is 5.24. The summed E-state index contributed by atoms with van der Waals surface area (Å²) in [5.41, 5.74) is 2.19. The largest absolute Gasteiger partial charge is 0.493 e. The average Bonchev–Trinajstić information content (AvgIpc) is 3.14. The minimum atomic E-state index is -0.457. The summed E-state index contributed by atoms with van der Waals surface area (Å²) < 4.78 is 10.6. The fourth-order valence-corrected chi connectivity index (χ4v) is 3.63. The zero-order valence-corrected chi connectivity index (χ0v) is 18.1. The van der Waals surface area contributed by atoms with E-state index in [9.17, 15) is 14.4 Å². The van der Waals surface area contributed by atoms with E-state index in [0.717, 1.165) is 5.56 Å². The third-order valence-electron chi connectivity index (χ3n) is 5.24. The summed E-state index contributed by atoms with van der Waals surface area (Å²) in [6.07, 6.45) is 0.138. The van der Waals surface area contributed by atoms with Crippen molar-refractivity contribution in [3.63, 3.8) is 0 Å². The van der Waals surface area contributed by atoms with E-state index < -0.39 is 5.92 Å². The van der Waals surface area contributed by atoms with Gasteiger partial charge in [-0.05, 0) is 36.8 Å². The van der Waals surface area contributed by atoms with Crippen LogP contribution in [0, 0.1) is 5.92 Å². The number of nitrogens with zero attached hydrogens (tertiary/aromatic N) is 1. The van der Waals surface area contributed by atoms with Crippen molar-refractivity contribution in [3.8, 4) is 11.5 Å². The second-order valence-corrected chi connectivity index (χ2v) is 7.48. The summed E-state index contributed by atoms with van der Waals surface area (Å²) in [6, 6.07) is 12.3. The molecule has 8 heteroatoms. The number of nitrogens with one attached hydrogen (secondary N) is 2. The maximum absolute atomic E-state index is 12.8. The van der Waals surface area contributed by atoms with Crippen molar-refractivity contribution < 1.29 is 23.9 Å².